The normalized spacial score (nSPS) is 11.8. The van der Waals surface area contributed by atoms with Gasteiger partial charge in [0.25, 0.3) is 5.91 Å². The molecule has 0 aliphatic carbocycles. The lowest BCUT2D eigenvalue weighted by Crippen LogP contribution is -2.29. The molecule has 1 amide bonds. The smallest absolute Gasteiger partial charge is 0.270 e. The molecule has 1 aromatic heterocycles. The molecule has 1 aromatic carbocycles. The fourth-order valence-electron chi connectivity index (χ4n) is 2.44. The number of rotatable bonds is 7. The highest BCUT2D eigenvalue weighted by Gasteiger charge is 2.18. The van der Waals surface area contributed by atoms with Crippen molar-refractivity contribution in [2.75, 3.05) is 14.2 Å². The third-order valence-corrected chi connectivity index (χ3v) is 3.64. The molecule has 124 valence electrons. The number of carbonyl (C=O) groups is 1. The van der Waals surface area contributed by atoms with E-state index in [4.69, 9.17) is 9.47 Å². The van der Waals surface area contributed by atoms with E-state index in [2.05, 4.69) is 10.4 Å². The number of carbonyl (C=O) groups excluding carboxylic acids is 1. The fraction of sp³-hybridized carbons (Fsp3) is 0.412. The van der Waals surface area contributed by atoms with Gasteiger partial charge in [-0.1, -0.05) is 6.92 Å². The van der Waals surface area contributed by atoms with E-state index >= 15 is 0 Å². The van der Waals surface area contributed by atoms with Crippen LogP contribution in [0.2, 0.25) is 0 Å². The zero-order chi connectivity index (χ0) is 16.8. The van der Waals surface area contributed by atoms with Gasteiger partial charge in [0.1, 0.15) is 17.2 Å². The van der Waals surface area contributed by atoms with Gasteiger partial charge in [0.15, 0.2) is 0 Å². The maximum Gasteiger partial charge on any atom is 0.270 e. The number of aryl methyl sites for hydroxylation is 1. The Morgan fingerprint density at radius 3 is 2.74 bits per heavy atom. The van der Waals surface area contributed by atoms with Crippen molar-refractivity contribution in [3.63, 3.8) is 0 Å². The van der Waals surface area contributed by atoms with Crippen molar-refractivity contribution in [2.45, 2.75) is 32.9 Å². The molecule has 1 unspecified atom stereocenters. The van der Waals surface area contributed by atoms with Gasteiger partial charge in [-0.3, -0.25) is 9.48 Å². The first kappa shape index (κ1) is 16.9. The summed E-state index contributed by atoms with van der Waals surface area (Å²) in [5.41, 5.74) is 1.42. The van der Waals surface area contributed by atoms with Crippen molar-refractivity contribution in [2.24, 2.45) is 0 Å². The second-order valence-corrected chi connectivity index (χ2v) is 5.24. The predicted molar refractivity (Wildman–Crippen MR) is 87.9 cm³/mol. The highest BCUT2D eigenvalue weighted by molar-refractivity contribution is 5.92. The first-order valence-electron chi connectivity index (χ1n) is 7.65. The third kappa shape index (κ3) is 3.83. The average molecular weight is 317 g/mol. The molecule has 0 aliphatic rings. The van der Waals surface area contributed by atoms with E-state index in [1.165, 1.54) is 0 Å². The summed E-state index contributed by atoms with van der Waals surface area (Å²) < 4.78 is 12.3. The van der Waals surface area contributed by atoms with Gasteiger partial charge in [-0.15, -0.1) is 0 Å². The molecule has 0 saturated heterocycles. The van der Waals surface area contributed by atoms with Crippen LogP contribution in [0.4, 0.5) is 0 Å². The Balaban J connectivity index is 2.19. The molecule has 0 fully saturated rings. The number of nitrogens with one attached hydrogen (secondary N) is 1. The highest BCUT2D eigenvalue weighted by Crippen LogP contribution is 2.29. The summed E-state index contributed by atoms with van der Waals surface area (Å²) in [5.74, 6) is 1.27. The topological polar surface area (TPSA) is 65.4 Å². The standard InChI is InChI=1S/C17H23N3O3/c1-5-10-20-15(8-9-18-20)17(21)19-12(2)14-11-13(22-3)6-7-16(14)23-4/h6-9,11-12H,5,10H2,1-4H3,(H,19,21). The Morgan fingerprint density at radius 1 is 1.30 bits per heavy atom. The second-order valence-electron chi connectivity index (χ2n) is 5.24. The molecule has 23 heavy (non-hydrogen) atoms. The van der Waals surface area contributed by atoms with Crippen LogP contribution in [0.1, 0.15) is 42.4 Å². The number of nitrogens with zero attached hydrogens (tertiary/aromatic N) is 2. The monoisotopic (exact) mass is 317 g/mol. The molecule has 2 aromatic rings. The molecule has 0 bridgehead atoms. The minimum absolute atomic E-state index is 0.159. The van der Waals surface area contributed by atoms with Crippen molar-refractivity contribution < 1.29 is 14.3 Å². The molecule has 0 radical (unpaired) electrons. The van der Waals surface area contributed by atoms with Crippen LogP contribution in [0, 0.1) is 0 Å². The minimum Gasteiger partial charge on any atom is -0.497 e. The predicted octanol–water partition coefficient (Wildman–Crippen LogP) is 2.80. The van der Waals surface area contributed by atoms with Crippen LogP contribution < -0.4 is 14.8 Å². The summed E-state index contributed by atoms with van der Waals surface area (Å²) >= 11 is 0. The molecule has 0 aliphatic heterocycles. The fourth-order valence-corrected chi connectivity index (χ4v) is 2.44. The average Bonchev–Trinajstić information content (AvgIpc) is 3.02. The van der Waals surface area contributed by atoms with Crippen LogP contribution in [0.25, 0.3) is 0 Å². The molecular weight excluding hydrogens is 294 g/mol. The van der Waals surface area contributed by atoms with Gasteiger partial charge in [-0.25, -0.2) is 0 Å². The summed E-state index contributed by atoms with van der Waals surface area (Å²) in [6.45, 7) is 4.68. The number of ether oxygens (including phenoxy) is 2. The van der Waals surface area contributed by atoms with Gasteiger partial charge in [0, 0.05) is 18.3 Å². The molecule has 0 spiro atoms. The van der Waals surface area contributed by atoms with Crippen molar-refractivity contribution >= 4 is 5.91 Å². The minimum atomic E-state index is -0.225. The van der Waals surface area contributed by atoms with E-state index in [0.29, 0.717) is 18.0 Å². The Morgan fingerprint density at radius 2 is 2.09 bits per heavy atom. The van der Waals surface area contributed by atoms with Gasteiger partial charge in [0.05, 0.1) is 20.3 Å². The molecule has 1 atom stereocenters. The Kier molecular flexibility index (Phi) is 5.62. The largest absolute Gasteiger partial charge is 0.497 e. The van der Waals surface area contributed by atoms with E-state index in [9.17, 15) is 4.79 Å². The first-order chi connectivity index (χ1) is 11.1. The number of hydrogen-bond donors (Lipinski definition) is 1. The Bertz CT molecular complexity index is 667. The van der Waals surface area contributed by atoms with Crippen LogP contribution in [0.5, 0.6) is 11.5 Å². The summed E-state index contributed by atoms with van der Waals surface area (Å²) in [5, 5.41) is 7.17. The lowest BCUT2D eigenvalue weighted by molar-refractivity contribution is 0.0928. The van der Waals surface area contributed by atoms with Crippen molar-refractivity contribution in [3.05, 3.63) is 41.7 Å². The molecule has 2 rings (SSSR count). The molecule has 0 saturated carbocycles. The van der Waals surface area contributed by atoms with Gasteiger partial charge in [-0.2, -0.15) is 5.10 Å². The van der Waals surface area contributed by atoms with Crippen LogP contribution in [0.15, 0.2) is 30.5 Å². The van der Waals surface area contributed by atoms with Gasteiger partial charge < -0.3 is 14.8 Å². The van der Waals surface area contributed by atoms with Gasteiger partial charge >= 0.3 is 0 Å². The third-order valence-electron chi connectivity index (χ3n) is 3.64. The maximum atomic E-state index is 12.5. The number of benzene rings is 1. The first-order valence-corrected chi connectivity index (χ1v) is 7.65. The second kappa shape index (κ2) is 7.67. The molecule has 6 heteroatoms. The Hall–Kier alpha value is -2.50. The van der Waals surface area contributed by atoms with Crippen LogP contribution >= 0.6 is 0 Å². The molecular formula is C17H23N3O3. The van der Waals surface area contributed by atoms with Crippen molar-refractivity contribution in [1.29, 1.82) is 0 Å². The van der Waals surface area contributed by atoms with Gasteiger partial charge in [-0.05, 0) is 37.6 Å². The summed E-state index contributed by atoms with van der Waals surface area (Å²) in [6, 6.07) is 7.02. The van der Waals surface area contributed by atoms with E-state index in [0.717, 1.165) is 17.7 Å². The van der Waals surface area contributed by atoms with E-state index in [1.54, 1.807) is 31.2 Å². The highest BCUT2D eigenvalue weighted by atomic mass is 16.5. The van der Waals surface area contributed by atoms with Crippen LogP contribution in [-0.4, -0.2) is 29.9 Å². The molecule has 1 N–H and O–H groups in total. The maximum absolute atomic E-state index is 12.5. The number of hydrogen-bond acceptors (Lipinski definition) is 4. The zero-order valence-corrected chi connectivity index (χ0v) is 14.0. The van der Waals surface area contributed by atoms with E-state index in [-0.39, 0.29) is 11.9 Å². The number of aromatic nitrogens is 2. The van der Waals surface area contributed by atoms with Crippen LogP contribution in [0.3, 0.4) is 0 Å². The van der Waals surface area contributed by atoms with E-state index in [1.807, 2.05) is 32.0 Å². The summed E-state index contributed by atoms with van der Waals surface area (Å²) in [7, 11) is 3.22. The summed E-state index contributed by atoms with van der Waals surface area (Å²) in [6.07, 6.45) is 2.56. The molecule has 1 heterocycles. The lowest BCUT2D eigenvalue weighted by Gasteiger charge is -2.18. The van der Waals surface area contributed by atoms with Crippen LogP contribution in [-0.2, 0) is 6.54 Å². The Labute approximate surface area is 136 Å². The number of amides is 1. The SMILES string of the molecule is CCCn1nccc1C(=O)NC(C)c1cc(OC)ccc1OC. The van der Waals surface area contributed by atoms with Crippen molar-refractivity contribution in [1.82, 2.24) is 15.1 Å². The summed E-state index contributed by atoms with van der Waals surface area (Å²) in [4.78, 5) is 12.5. The molecule has 6 nitrogen and oxygen atoms in total. The van der Waals surface area contributed by atoms with Gasteiger partial charge in [0.2, 0.25) is 0 Å². The quantitative estimate of drug-likeness (QED) is 0.853. The van der Waals surface area contributed by atoms with Crippen molar-refractivity contribution in [3.8, 4) is 11.5 Å². The number of methoxy groups -OCH3 is 2. The van der Waals surface area contributed by atoms with E-state index < -0.39 is 0 Å². The lowest BCUT2D eigenvalue weighted by atomic mass is 10.1. The zero-order valence-electron chi connectivity index (χ0n) is 14.0.